The first-order valence-corrected chi connectivity index (χ1v) is 8.71. The van der Waals surface area contributed by atoms with Crippen LogP contribution in [0.5, 0.6) is 11.5 Å². The van der Waals surface area contributed by atoms with Crippen LogP contribution < -0.4 is 20.3 Å². The van der Waals surface area contributed by atoms with Crippen LogP contribution in [0.4, 0.5) is 0 Å². The SMILES string of the molecule is COc1ccc(CNC(=O)c2cc3c([nH]c2=O)CC(C)CC3=O)cc1OC. The van der Waals surface area contributed by atoms with Gasteiger partial charge in [-0.1, -0.05) is 13.0 Å². The van der Waals surface area contributed by atoms with Crippen molar-refractivity contribution < 1.29 is 19.1 Å². The first kappa shape index (κ1) is 18.7. The Morgan fingerprint density at radius 3 is 2.59 bits per heavy atom. The number of amides is 1. The number of hydrogen-bond acceptors (Lipinski definition) is 5. The lowest BCUT2D eigenvalue weighted by molar-refractivity contribution is 0.0949. The van der Waals surface area contributed by atoms with Crippen molar-refractivity contribution in [1.82, 2.24) is 10.3 Å². The third-order valence-corrected chi connectivity index (χ3v) is 4.66. The second kappa shape index (κ2) is 7.65. The van der Waals surface area contributed by atoms with Crippen LogP contribution in [0.15, 0.2) is 29.1 Å². The van der Waals surface area contributed by atoms with Gasteiger partial charge in [0.2, 0.25) is 0 Å². The first-order chi connectivity index (χ1) is 12.9. The molecule has 2 N–H and O–H groups in total. The zero-order valence-electron chi connectivity index (χ0n) is 15.5. The van der Waals surface area contributed by atoms with Crippen molar-refractivity contribution in [3.05, 3.63) is 57.0 Å². The molecule has 0 aliphatic heterocycles. The highest BCUT2D eigenvalue weighted by Crippen LogP contribution is 2.27. The summed E-state index contributed by atoms with van der Waals surface area (Å²) in [6.07, 6.45) is 1.05. The summed E-state index contributed by atoms with van der Waals surface area (Å²) in [7, 11) is 3.08. The molecule has 142 valence electrons. The molecule has 1 aliphatic carbocycles. The van der Waals surface area contributed by atoms with Gasteiger partial charge in [-0.15, -0.1) is 0 Å². The van der Waals surface area contributed by atoms with Gasteiger partial charge in [-0.25, -0.2) is 0 Å². The van der Waals surface area contributed by atoms with Crippen molar-refractivity contribution in [1.29, 1.82) is 0 Å². The fraction of sp³-hybridized carbons (Fsp3) is 0.350. The third kappa shape index (κ3) is 3.86. The molecule has 7 heteroatoms. The van der Waals surface area contributed by atoms with E-state index in [0.717, 1.165) is 5.56 Å². The number of aromatic nitrogens is 1. The van der Waals surface area contributed by atoms with E-state index in [9.17, 15) is 14.4 Å². The first-order valence-electron chi connectivity index (χ1n) is 8.71. The van der Waals surface area contributed by atoms with E-state index in [0.29, 0.717) is 35.6 Å². The van der Waals surface area contributed by atoms with E-state index in [1.807, 2.05) is 6.92 Å². The van der Waals surface area contributed by atoms with Crippen LogP contribution in [0.1, 0.15) is 45.3 Å². The van der Waals surface area contributed by atoms with Gasteiger partial charge in [-0.05, 0) is 36.1 Å². The molecule has 7 nitrogen and oxygen atoms in total. The number of methoxy groups -OCH3 is 2. The molecule has 1 heterocycles. The number of fused-ring (bicyclic) bond motifs is 1. The maximum Gasteiger partial charge on any atom is 0.261 e. The predicted octanol–water partition coefficient (Wildman–Crippen LogP) is 2.09. The lowest BCUT2D eigenvalue weighted by Gasteiger charge is -2.20. The van der Waals surface area contributed by atoms with Gasteiger partial charge in [-0.2, -0.15) is 0 Å². The smallest absolute Gasteiger partial charge is 0.261 e. The number of hydrogen-bond donors (Lipinski definition) is 2. The molecule has 0 bridgehead atoms. The second-order valence-electron chi connectivity index (χ2n) is 6.71. The number of benzene rings is 1. The molecule has 1 aromatic carbocycles. The number of rotatable bonds is 5. The summed E-state index contributed by atoms with van der Waals surface area (Å²) in [6, 6.07) is 6.70. The monoisotopic (exact) mass is 370 g/mol. The third-order valence-electron chi connectivity index (χ3n) is 4.66. The van der Waals surface area contributed by atoms with E-state index in [2.05, 4.69) is 10.3 Å². The normalized spacial score (nSPS) is 15.8. The van der Waals surface area contributed by atoms with Gasteiger partial charge in [0.05, 0.1) is 14.2 Å². The topological polar surface area (TPSA) is 97.5 Å². The molecule has 0 fully saturated rings. The molecule has 0 saturated carbocycles. The van der Waals surface area contributed by atoms with Gasteiger partial charge in [0.15, 0.2) is 17.3 Å². The van der Waals surface area contributed by atoms with Gasteiger partial charge in [0.1, 0.15) is 5.56 Å². The Morgan fingerprint density at radius 2 is 1.89 bits per heavy atom. The zero-order valence-corrected chi connectivity index (χ0v) is 15.5. The van der Waals surface area contributed by atoms with E-state index in [4.69, 9.17) is 9.47 Å². The van der Waals surface area contributed by atoms with Crippen molar-refractivity contribution in [3.63, 3.8) is 0 Å². The summed E-state index contributed by atoms with van der Waals surface area (Å²) in [5, 5.41) is 2.71. The van der Waals surface area contributed by atoms with Gasteiger partial charge in [0, 0.05) is 24.2 Å². The molecule has 2 aromatic rings. The van der Waals surface area contributed by atoms with Crippen LogP contribution in [0.25, 0.3) is 0 Å². The Balaban J connectivity index is 1.78. The highest BCUT2D eigenvalue weighted by Gasteiger charge is 2.25. The molecule has 1 aliphatic rings. The average molecular weight is 370 g/mol. The number of aromatic amines is 1. The number of nitrogens with one attached hydrogen (secondary N) is 2. The number of ketones is 1. The largest absolute Gasteiger partial charge is 0.493 e. The average Bonchev–Trinajstić information content (AvgIpc) is 2.65. The van der Waals surface area contributed by atoms with Crippen LogP contribution in [0.3, 0.4) is 0 Å². The number of pyridine rings is 1. The van der Waals surface area contributed by atoms with Crippen molar-refractivity contribution in [3.8, 4) is 11.5 Å². The number of Topliss-reactive ketones (excluding diaryl/α,β-unsaturated/α-hetero) is 1. The summed E-state index contributed by atoms with van der Waals surface area (Å²) < 4.78 is 10.4. The maximum absolute atomic E-state index is 12.5. The molecule has 1 atom stereocenters. The van der Waals surface area contributed by atoms with Crippen LogP contribution in [-0.4, -0.2) is 30.9 Å². The van der Waals surface area contributed by atoms with E-state index >= 15 is 0 Å². The molecule has 3 rings (SSSR count). The summed E-state index contributed by atoms with van der Waals surface area (Å²) in [5.41, 5.74) is 1.29. The molecular formula is C20H22N2O5. The van der Waals surface area contributed by atoms with Crippen LogP contribution >= 0.6 is 0 Å². The molecular weight excluding hydrogens is 348 g/mol. The van der Waals surface area contributed by atoms with Crippen molar-refractivity contribution >= 4 is 11.7 Å². The Hall–Kier alpha value is -3.09. The standard InChI is InChI=1S/C20H22N2O5/c1-11-6-15-13(16(23)7-11)9-14(20(25)22-15)19(24)21-10-12-4-5-17(26-2)18(8-12)27-3/h4-5,8-9,11H,6-7,10H2,1-3H3,(H,21,24)(H,22,25). The van der Waals surface area contributed by atoms with Gasteiger partial charge >= 0.3 is 0 Å². The van der Waals surface area contributed by atoms with Crippen LogP contribution in [0.2, 0.25) is 0 Å². The molecule has 27 heavy (non-hydrogen) atoms. The molecule has 1 aromatic heterocycles. The number of carbonyl (C=O) groups is 2. The Kier molecular flexibility index (Phi) is 5.30. The molecule has 1 amide bonds. The fourth-order valence-corrected chi connectivity index (χ4v) is 3.26. The van der Waals surface area contributed by atoms with E-state index in [-0.39, 0.29) is 23.8 Å². The Bertz CT molecular complexity index is 948. The van der Waals surface area contributed by atoms with E-state index in [1.54, 1.807) is 25.3 Å². The predicted molar refractivity (Wildman–Crippen MR) is 99.6 cm³/mol. The summed E-state index contributed by atoms with van der Waals surface area (Å²) in [5.74, 6) is 0.751. The maximum atomic E-state index is 12.5. The highest BCUT2D eigenvalue weighted by atomic mass is 16.5. The minimum absolute atomic E-state index is 0.0473. The lowest BCUT2D eigenvalue weighted by atomic mass is 9.86. The number of ether oxygens (including phenoxy) is 2. The lowest BCUT2D eigenvalue weighted by Crippen LogP contribution is -2.32. The number of H-pyrrole nitrogens is 1. The van der Waals surface area contributed by atoms with Gasteiger partial charge in [0.25, 0.3) is 11.5 Å². The van der Waals surface area contributed by atoms with E-state index < -0.39 is 11.5 Å². The molecule has 0 saturated heterocycles. The minimum Gasteiger partial charge on any atom is -0.493 e. The van der Waals surface area contributed by atoms with Gasteiger partial charge in [-0.3, -0.25) is 14.4 Å². The number of carbonyl (C=O) groups excluding carboxylic acids is 2. The quantitative estimate of drug-likeness (QED) is 0.840. The van der Waals surface area contributed by atoms with E-state index in [1.165, 1.54) is 13.2 Å². The van der Waals surface area contributed by atoms with Crippen molar-refractivity contribution in [2.75, 3.05) is 14.2 Å². The van der Waals surface area contributed by atoms with Crippen molar-refractivity contribution in [2.24, 2.45) is 5.92 Å². The second-order valence-corrected chi connectivity index (χ2v) is 6.71. The molecule has 1 unspecified atom stereocenters. The van der Waals surface area contributed by atoms with Crippen LogP contribution in [-0.2, 0) is 13.0 Å². The highest BCUT2D eigenvalue weighted by molar-refractivity contribution is 6.01. The molecule has 0 spiro atoms. The Morgan fingerprint density at radius 1 is 1.15 bits per heavy atom. The summed E-state index contributed by atoms with van der Waals surface area (Å²) in [4.78, 5) is 39.7. The fourth-order valence-electron chi connectivity index (χ4n) is 3.26. The Labute approximate surface area is 156 Å². The van der Waals surface area contributed by atoms with Crippen molar-refractivity contribution in [2.45, 2.75) is 26.3 Å². The molecule has 0 radical (unpaired) electrons. The minimum atomic E-state index is -0.528. The zero-order chi connectivity index (χ0) is 19.6. The summed E-state index contributed by atoms with van der Waals surface area (Å²) in [6.45, 7) is 2.17. The van der Waals surface area contributed by atoms with Crippen LogP contribution in [0, 0.1) is 5.92 Å². The summed E-state index contributed by atoms with van der Waals surface area (Å²) >= 11 is 0. The van der Waals surface area contributed by atoms with Gasteiger partial charge < -0.3 is 19.8 Å².